The number of nitrogens with one attached hydrogen (secondary N) is 1. The fourth-order valence-electron chi connectivity index (χ4n) is 1.78. The summed E-state index contributed by atoms with van der Waals surface area (Å²) in [7, 11) is 0. The van der Waals surface area contributed by atoms with E-state index in [0.717, 1.165) is 17.0 Å². The minimum absolute atomic E-state index is 0.0159. The van der Waals surface area contributed by atoms with E-state index in [0.29, 0.717) is 12.1 Å². The largest absolute Gasteiger partial charge is 0.398 e. The molecule has 2 aromatic rings. The van der Waals surface area contributed by atoms with Crippen LogP contribution in [0, 0.1) is 6.92 Å². The molecule has 104 valence electrons. The lowest BCUT2D eigenvalue weighted by Crippen LogP contribution is -2.13. The first kappa shape index (κ1) is 14.5. The number of amides is 1. The molecule has 0 aliphatic carbocycles. The Balaban J connectivity index is 1.82. The summed E-state index contributed by atoms with van der Waals surface area (Å²) >= 11 is 1.68. The Labute approximate surface area is 123 Å². The molecule has 0 atom stereocenters. The summed E-state index contributed by atoms with van der Waals surface area (Å²) in [6.07, 6.45) is 0.480. The van der Waals surface area contributed by atoms with E-state index < -0.39 is 0 Å². The molecular weight excluding hydrogens is 268 g/mol. The molecule has 0 saturated heterocycles. The van der Waals surface area contributed by atoms with Gasteiger partial charge in [0, 0.05) is 28.4 Å². The predicted molar refractivity (Wildman–Crippen MR) is 86.0 cm³/mol. The molecule has 0 fully saturated rings. The molecule has 0 unspecified atom stereocenters. The summed E-state index contributed by atoms with van der Waals surface area (Å²) in [5.41, 5.74) is 8.22. The number of rotatable bonds is 5. The van der Waals surface area contributed by atoms with E-state index in [2.05, 4.69) is 5.32 Å². The molecule has 3 N–H and O–H groups in total. The Morgan fingerprint density at radius 2 is 1.90 bits per heavy atom. The van der Waals surface area contributed by atoms with Crippen LogP contribution in [0.4, 0.5) is 11.4 Å². The van der Waals surface area contributed by atoms with Crippen molar-refractivity contribution in [1.29, 1.82) is 0 Å². The maximum atomic E-state index is 11.9. The van der Waals surface area contributed by atoms with E-state index in [1.807, 2.05) is 55.5 Å². The highest BCUT2D eigenvalue weighted by Crippen LogP contribution is 2.21. The summed E-state index contributed by atoms with van der Waals surface area (Å²) < 4.78 is 0. The summed E-state index contributed by atoms with van der Waals surface area (Å²) in [5.74, 6) is 0.777. The van der Waals surface area contributed by atoms with Crippen molar-refractivity contribution in [2.24, 2.45) is 0 Å². The SMILES string of the molecule is Cc1c(N)cccc1NC(=O)CCSc1ccccc1. The van der Waals surface area contributed by atoms with Crippen LogP contribution in [0.3, 0.4) is 0 Å². The van der Waals surface area contributed by atoms with Gasteiger partial charge in [-0.1, -0.05) is 24.3 Å². The van der Waals surface area contributed by atoms with Crippen LogP contribution < -0.4 is 11.1 Å². The van der Waals surface area contributed by atoms with Gasteiger partial charge in [0.2, 0.25) is 5.91 Å². The number of anilines is 2. The van der Waals surface area contributed by atoms with Crippen molar-refractivity contribution >= 4 is 29.0 Å². The maximum absolute atomic E-state index is 11.9. The second-order valence-electron chi connectivity index (χ2n) is 4.48. The van der Waals surface area contributed by atoms with Gasteiger partial charge in [0.25, 0.3) is 0 Å². The average Bonchev–Trinajstić information content (AvgIpc) is 2.45. The number of nitrogens with two attached hydrogens (primary N) is 1. The second-order valence-corrected chi connectivity index (χ2v) is 5.65. The van der Waals surface area contributed by atoms with Crippen LogP contribution >= 0.6 is 11.8 Å². The first-order valence-electron chi connectivity index (χ1n) is 6.49. The van der Waals surface area contributed by atoms with E-state index >= 15 is 0 Å². The number of hydrogen-bond donors (Lipinski definition) is 2. The van der Waals surface area contributed by atoms with Gasteiger partial charge < -0.3 is 11.1 Å². The van der Waals surface area contributed by atoms with Gasteiger partial charge in [-0.05, 0) is 36.8 Å². The molecule has 0 aromatic heterocycles. The molecule has 0 saturated carbocycles. The number of benzene rings is 2. The molecule has 2 aromatic carbocycles. The Hall–Kier alpha value is -1.94. The average molecular weight is 286 g/mol. The smallest absolute Gasteiger partial charge is 0.225 e. The first-order valence-corrected chi connectivity index (χ1v) is 7.48. The normalized spacial score (nSPS) is 10.2. The van der Waals surface area contributed by atoms with Crippen molar-refractivity contribution in [1.82, 2.24) is 0 Å². The zero-order chi connectivity index (χ0) is 14.4. The third kappa shape index (κ3) is 4.03. The molecule has 4 heteroatoms. The van der Waals surface area contributed by atoms with Gasteiger partial charge in [-0.15, -0.1) is 11.8 Å². The number of hydrogen-bond acceptors (Lipinski definition) is 3. The number of thioether (sulfide) groups is 1. The van der Waals surface area contributed by atoms with Gasteiger partial charge in [0.05, 0.1) is 0 Å². The summed E-state index contributed by atoms with van der Waals surface area (Å²) in [6.45, 7) is 1.91. The Morgan fingerprint density at radius 1 is 1.15 bits per heavy atom. The zero-order valence-electron chi connectivity index (χ0n) is 11.4. The maximum Gasteiger partial charge on any atom is 0.225 e. The molecule has 3 nitrogen and oxygen atoms in total. The molecule has 20 heavy (non-hydrogen) atoms. The highest BCUT2D eigenvalue weighted by molar-refractivity contribution is 7.99. The quantitative estimate of drug-likeness (QED) is 0.651. The van der Waals surface area contributed by atoms with Gasteiger partial charge in [-0.25, -0.2) is 0 Å². The van der Waals surface area contributed by atoms with Crippen molar-refractivity contribution < 1.29 is 4.79 Å². The highest BCUT2D eigenvalue weighted by Gasteiger charge is 2.06. The van der Waals surface area contributed by atoms with Crippen LogP contribution in [-0.2, 0) is 4.79 Å². The van der Waals surface area contributed by atoms with Crippen LogP contribution in [0.15, 0.2) is 53.4 Å². The fourth-order valence-corrected chi connectivity index (χ4v) is 2.65. The van der Waals surface area contributed by atoms with E-state index in [4.69, 9.17) is 5.73 Å². The molecule has 2 rings (SSSR count). The lowest BCUT2D eigenvalue weighted by molar-refractivity contribution is -0.115. The van der Waals surface area contributed by atoms with Gasteiger partial charge >= 0.3 is 0 Å². The summed E-state index contributed by atoms with van der Waals surface area (Å²) in [6, 6.07) is 15.6. The summed E-state index contributed by atoms with van der Waals surface area (Å²) in [5, 5.41) is 2.91. The van der Waals surface area contributed by atoms with Gasteiger partial charge in [0.15, 0.2) is 0 Å². The van der Waals surface area contributed by atoms with E-state index in [-0.39, 0.29) is 5.91 Å². The van der Waals surface area contributed by atoms with Crippen molar-refractivity contribution in [3.8, 4) is 0 Å². The third-order valence-electron chi connectivity index (χ3n) is 2.99. The minimum Gasteiger partial charge on any atom is -0.398 e. The van der Waals surface area contributed by atoms with Crippen LogP contribution in [0.1, 0.15) is 12.0 Å². The topological polar surface area (TPSA) is 55.1 Å². The summed E-state index contributed by atoms with van der Waals surface area (Å²) in [4.78, 5) is 13.1. The van der Waals surface area contributed by atoms with E-state index in [1.165, 1.54) is 4.90 Å². The molecule has 0 spiro atoms. The third-order valence-corrected chi connectivity index (χ3v) is 4.00. The van der Waals surface area contributed by atoms with Crippen molar-refractivity contribution in [2.75, 3.05) is 16.8 Å². The van der Waals surface area contributed by atoms with Gasteiger partial charge in [0.1, 0.15) is 0 Å². The van der Waals surface area contributed by atoms with E-state index in [9.17, 15) is 4.79 Å². The van der Waals surface area contributed by atoms with Crippen molar-refractivity contribution in [2.45, 2.75) is 18.2 Å². The Bertz CT molecular complexity index is 584. The molecule has 1 amide bonds. The minimum atomic E-state index is 0.0159. The van der Waals surface area contributed by atoms with Crippen LogP contribution in [-0.4, -0.2) is 11.7 Å². The second kappa shape index (κ2) is 7.01. The lowest BCUT2D eigenvalue weighted by atomic mass is 10.1. The van der Waals surface area contributed by atoms with Crippen LogP contribution in [0.2, 0.25) is 0 Å². The van der Waals surface area contributed by atoms with Crippen LogP contribution in [0.5, 0.6) is 0 Å². The monoisotopic (exact) mass is 286 g/mol. The van der Waals surface area contributed by atoms with E-state index in [1.54, 1.807) is 11.8 Å². The van der Waals surface area contributed by atoms with Gasteiger partial charge in [-0.2, -0.15) is 0 Å². The predicted octanol–water partition coefficient (Wildman–Crippen LogP) is 3.70. The molecule has 0 aliphatic rings. The molecule has 0 radical (unpaired) electrons. The molecular formula is C16H18N2OS. The highest BCUT2D eigenvalue weighted by atomic mass is 32.2. The molecule has 0 bridgehead atoms. The zero-order valence-corrected chi connectivity index (χ0v) is 12.2. The van der Waals surface area contributed by atoms with Gasteiger partial charge in [-0.3, -0.25) is 4.79 Å². The number of nitrogen functional groups attached to an aromatic ring is 1. The Kier molecular flexibility index (Phi) is 5.07. The van der Waals surface area contributed by atoms with Crippen molar-refractivity contribution in [3.63, 3.8) is 0 Å². The number of carbonyl (C=O) groups excluding carboxylic acids is 1. The molecule has 0 heterocycles. The first-order chi connectivity index (χ1) is 9.66. The lowest BCUT2D eigenvalue weighted by Gasteiger charge is -2.10. The van der Waals surface area contributed by atoms with Crippen molar-refractivity contribution in [3.05, 3.63) is 54.1 Å². The Morgan fingerprint density at radius 3 is 2.65 bits per heavy atom. The molecule has 0 aliphatic heterocycles. The fraction of sp³-hybridized carbons (Fsp3) is 0.188. The number of carbonyl (C=O) groups is 1. The van der Waals surface area contributed by atoms with Crippen LogP contribution in [0.25, 0.3) is 0 Å². The standard InChI is InChI=1S/C16H18N2OS/c1-12-14(17)8-5-9-15(12)18-16(19)10-11-20-13-6-3-2-4-7-13/h2-9H,10-11,17H2,1H3,(H,18,19).